The van der Waals surface area contributed by atoms with Crippen molar-refractivity contribution in [3.8, 4) is 5.75 Å². The Balaban J connectivity index is 0.00000289. The van der Waals surface area contributed by atoms with E-state index in [-0.39, 0.29) is 49.6 Å². The van der Waals surface area contributed by atoms with E-state index < -0.39 is 29.2 Å². The Morgan fingerprint density at radius 2 is 1.71 bits per heavy atom. The van der Waals surface area contributed by atoms with E-state index in [2.05, 4.69) is 10.3 Å². The molecule has 0 aliphatic rings. The van der Waals surface area contributed by atoms with Crippen LogP contribution in [0.5, 0.6) is 5.75 Å². The number of methoxy groups -OCH3 is 1. The van der Waals surface area contributed by atoms with Crippen LogP contribution < -0.4 is 15.8 Å². The summed E-state index contributed by atoms with van der Waals surface area (Å²) in [6.45, 7) is 0.142. The maximum Gasteiger partial charge on any atom is 0.254 e. The van der Waals surface area contributed by atoms with E-state index in [1.54, 1.807) is 48.8 Å². The van der Waals surface area contributed by atoms with Gasteiger partial charge in [-0.05, 0) is 35.4 Å². The van der Waals surface area contributed by atoms with Gasteiger partial charge in [-0.2, -0.15) is 0 Å². The summed E-state index contributed by atoms with van der Waals surface area (Å²) in [5, 5.41) is 10.00. The number of benzene rings is 2. The number of nitrogen functional groups attached to an aromatic ring is 1. The van der Waals surface area contributed by atoms with E-state index >= 15 is 4.39 Å². The fraction of sp³-hybridized carbons (Fsp3) is 0.174. The number of nitrogens with one attached hydrogen (secondary N) is 2. The maximum absolute atomic E-state index is 15.0. The molecule has 3 aromatic rings. The van der Waals surface area contributed by atoms with Crippen molar-refractivity contribution in [1.29, 1.82) is 5.41 Å². The van der Waals surface area contributed by atoms with E-state index in [1.807, 2.05) is 0 Å². The Bertz CT molecular complexity index is 1100. The molecule has 3 rings (SSSR count). The first kappa shape index (κ1) is 28.8. The predicted octanol–water partition coefficient (Wildman–Crippen LogP) is 4.07. The van der Waals surface area contributed by atoms with Crippen LogP contribution in [0.4, 0.5) is 8.78 Å². The smallest absolute Gasteiger partial charge is 0.254 e. The fourth-order valence-corrected chi connectivity index (χ4v) is 2.98. The molecule has 0 bridgehead atoms. The Kier molecular flexibility index (Phi) is 11.4. The standard InChI is InChI=1S/C23H22F2N4O3.2ClH/c1-31-21(23(30)29-12-14-2-4-16(5-3-14)22(26)27)19-17(24)6-7-18(20(19)25)32-13-15-8-10-28-11-9-15;;/h2-11,21H,12-13H2,1H3,(H3,26,27)(H,29,30);2*1H. The van der Waals surface area contributed by atoms with Crippen molar-refractivity contribution >= 4 is 36.6 Å². The third kappa shape index (κ3) is 7.11. The molecule has 0 saturated heterocycles. The lowest BCUT2D eigenvalue weighted by atomic mass is 10.1. The van der Waals surface area contributed by atoms with Gasteiger partial charge in [-0.15, -0.1) is 24.8 Å². The molecule has 1 aromatic heterocycles. The summed E-state index contributed by atoms with van der Waals surface area (Å²) in [5.74, 6) is -2.92. The molecule has 0 aliphatic heterocycles. The van der Waals surface area contributed by atoms with Gasteiger partial charge in [0.1, 0.15) is 18.3 Å². The molecule has 1 atom stereocenters. The summed E-state index contributed by atoms with van der Waals surface area (Å²) in [6, 6.07) is 12.3. The van der Waals surface area contributed by atoms with Crippen LogP contribution >= 0.6 is 24.8 Å². The number of rotatable bonds is 9. The molecule has 0 spiro atoms. The van der Waals surface area contributed by atoms with Crippen LogP contribution in [0.15, 0.2) is 60.9 Å². The average Bonchev–Trinajstić information content (AvgIpc) is 2.80. The van der Waals surface area contributed by atoms with Gasteiger partial charge in [0.25, 0.3) is 5.91 Å². The molecule has 0 fully saturated rings. The summed E-state index contributed by atoms with van der Waals surface area (Å²) in [4.78, 5) is 16.5. The first-order valence-electron chi connectivity index (χ1n) is 9.64. The highest BCUT2D eigenvalue weighted by Crippen LogP contribution is 2.30. The van der Waals surface area contributed by atoms with Crippen LogP contribution in [0.2, 0.25) is 0 Å². The molecule has 1 heterocycles. The molecule has 7 nitrogen and oxygen atoms in total. The zero-order valence-corrected chi connectivity index (χ0v) is 19.7. The zero-order chi connectivity index (χ0) is 23.1. The van der Waals surface area contributed by atoms with Crippen molar-refractivity contribution in [2.45, 2.75) is 19.3 Å². The number of carbonyl (C=O) groups excluding carboxylic acids is 1. The van der Waals surface area contributed by atoms with Crippen molar-refractivity contribution in [3.05, 3.63) is 94.8 Å². The maximum atomic E-state index is 15.0. The number of amidine groups is 1. The Hall–Kier alpha value is -3.27. The summed E-state index contributed by atoms with van der Waals surface area (Å²) in [5.41, 5.74) is 6.89. The van der Waals surface area contributed by atoms with Gasteiger partial charge in [-0.3, -0.25) is 15.2 Å². The molecule has 0 radical (unpaired) electrons. The van der Waals surface area contributed by atoms with Gasteiger partial charge >= 0.3 is 0 Å². The number of ether oxygens (including phenoxy) is 2. The highest BCUT2D eigenvalue weighted by Gasteiger charge is 2.29. The summed E-state index contributed by atoms with van der Waals surface area (Å²) >= 11 is 0. The number of nitrogens with two attached hydrogens (primary N) is 1. The molecule has 2 aromatic carbocycles. The summed E-state index contributed by atoms with van der Waals surface area (Å²) < 4.78 is 40.1. The number of nitrogens with zero attached hydrogens (tertiary/aromatic N) is 1. The van der Waals surface area contributed by atoms with Gasteiger partial charge in [0.05, 0.1) is 5.56 Å². The van der Waals surface area contributed by atoms with Crippen LogP contribution in [0.3, 0.4) is 0 Å². The van der Waals surface area contributed by atoms with Crippen molar-refractivity contribution < 1.29 is 23.0 Å². The molecule has 4 N–H and O–H groups in total. The Labute approximate surface area is 208 Å². The Morgan fingerprint density at radius 1 is 1.06 bits per heavy atom. The highest BCUT2D eigenvalue weighted by molar-refractivity contribution is 5.94. The van der Waals surface area contributed by atoms with Crippen LogP contribution in [0.1, 0.15) is 28.4 Å². The number of aromatic nitrogens is 1. The third-order valence-electron chi connectivity index (χ3n) is 4.70. The van der Waals surface area contributed by atoms with Gasteiger partial charge in [0.15, 0.2) is 17.7 Å². The number of amides is 1. The van der Waals surface area contributed by atoms with Gasteiger partial charge in [-0.25, -0.2) is 8.78 Å². The lowest BCUT2D eigenvalue weighted by Crippen LogP contribution is -2.31. The minimum atomic E-state index is -1.52. The number of carbonyl (C=O) groups is 1. The van der Waals surface area contributed by atoms with Crippen molar-refractivity contribution in [1.82, 2.24) is 10.3 Å². The fourth-order valence-electron chi connectivity index (χ4n) is 2.98. The lowest BCUT2D eigenvalue weighted by Gasteiger charge is -2.19. The number of hydrogen-bond donors (Lipinski definition) is 3. The second-order valence-electron chi connectivity index (χ2n) is 6.86. The van der Waals surface area contributed by atoms with Gasteiger partial charge < -0.3 is 20.5 Å². The molecule has 0 saturated carbocycles. The normalized spacial score (nSPS) is 10.9. The first-order valence-corrected chi connectivity index (χ1v) is 9.64. The first-order chi connectivity index (χ1) is 15.4. The molecular weight excluding hydrogens is 489 g/mol. The van der Waals surface area contributed by atoms with Crippen molar-refractivity contribution in [2.75, 3.05) is 7.11 Å². The van der Waals surface area contributed by atoms with E-state index in [1.165, 1.54) is 7.11 Å². The monoisotopic (exact) mass is 512 g/mol. The topological polar surface area (TPSA) is 110 Å². The molecule has 0 aliphatic carbocycles. The number of pyridine rings is 1. The van der Waals surface area contributed by atoms with Gasteiger partial charge in [0.2, 0.25) is 0 Å². The van der Waals surface area contributed by atoms with Crippen LogP contribution in [0, 0.1) is 17.0 Å². The van der Waals surface area contributed by atoms with Gasteiger partial charge in [-0.1, -0.05) is 24.3 Å². The minimum absolute atomic E-state index is 0. The number of hydrogen-bond acceptors (Lipinski definition) is 5. The zero-order valence-electron chi connectivity index (χ0n) is 18.1. The van der Waals surface area contributed by atoms with Crippen LogP contribution in [-0.2, 0) is 22.7 Å². The lowest BCUT2D eigenvalue weighted by molar-refractivity contribution is -0.131. The third-order valence-corrected chi connectivity index (χ3v) is 4.70. The van der Waals surface area contributed by atoms with E-state index in [9.17, 15) is 9.18 Å². The molecule has 1 unspecified atom stereocenters. The second-order valence-corrected chi connectivity index (χ2v) is 6.86. The second kappa shape index (κ2) is 13.4. The quantitative estimate of drug-likeness (QED) is 0.295. The van der Waals surface area contributed by atoms with Crippen LogP contribution in [-0.4, -0.2) is 23.8 Å². The SMILES string of the molecule is COC(C(=O)NCc1ccc(C(=N)N)cc1)c1c(F)ccc(OCc2ccncc2)c1F.Cl.Cl. The average molecular weight is 513 g/mol. The minimum Gasteiger partial charge on any atom is -0.486 e. The molecule has 34 heavy (non-hydrogen) atoms. The molecular formula is C23H24Cl2F2N4O3. The summed E-state index contributed by atoms with van der Waals surface area (Å²) in [7, 11) is 1.19. The highest BCUT2D eigenvalue weighted by atomic mass is 35.5. The van der Waals surface area contributed by atoms with Crippen molar-refractivity contribution in [3.63, 3.8) is 0 Å². The van der Waals surface area contributed by atoms with Crippen molar-refractivity contribution in [2.24, 2.45) is 5.73 Å². The number of halogens is 4. The van der Waals surface area contributed by atoms with E-state index in [0.29, 0.717) is 11.1 Å². The molecule has 11 heteroatoms. The van der Waals surface area contributed by atoms with E-state index in [4.69, 9.17) is 20.6 Å². The Morgan fingerprint density at radius 3 is 2.29 bits per heavy atom. The largest absolute Gasteiger partial charge is 0.486 e. The van der Waals surface area contributed by atoms with E-state index in [0.717, 1.165) is 17.7 Å². The van der Waals surface area contributed by atoms with Gasteiger partial charge in [0, 0.05) is 31.6 Å². The summed E-state index contributed by atoms with van der Waals surface area (Å²) in [6.07, 6.45) is 1.63. The molecule has 182 valence electrons. The predicted molar refractivity (Wildman–Crippen MR) is 128 cm³/mol. The molecule has 1 amide bonds. The van der Waals surface area contributed by atoms with Crippen LogP contribution in [0.25, 0.3) is 0 Å².